The average Bonchev–Trinajstić information content (AvgIpc) is 2.87. The number of rotatable bonds is 4. The molecule has 1 saturated heterocycles. The SMILES string of the molecule is CNC(=O)CN1CCC(NC(=O)c2cnn(C)c2)CC1. The molecule has 1 aromatic rings. The Morgan fingerprint density at radius 3 is 2.65 bits per heavy atom. The third-order valence-corrected chi connectivity index (χ3v) is 3.54. The van der Waals surface area contributed by atoms with Crippen LogP contribution in [0.2, 0.25) is 0 Å². The van der Waals surface area contributed by atoms with E-state index in [4.69, 9.17) is 0 Å². The van der Waals surface area contributed by atoms with Crippen LogP contribution in [0.1, 0.15) is 23.2 Å². The van der Waals surface area contributed by atoms with Crippen molar-refractivity contribution in [2.75, 3.05) is 26.7 Å². The monoisotopic (exact) mass is 279 g/mol. The van der Waals surface area contributed by atoms with Gasteiger partial charge in [-0.2, -0.15) is 5.10 Å². The molecular formula is C13H21N5O2. The Kier molecular flexibility index (Phi) is 4.73. The van der Waals surface area contributed by atoms with Crippen LogP contribution in [0.25, 0.3) is 0 Å². The van der Waals surface area contributed by atoms with Crippen LogP contribution in [0.3, 0.4) is 0 Å². The second kappa shape index (κ2) is 6.51. The van der Waals surface area contributed by atoms with Crippen LogP contribution < -0.4 is 10.6 Å². The summed E-state index contributed by atoms with van der Waals surface area (Å²) in [4.78, 5) is 25.4. The molecule has 1 aliphatic heterocycles. The molecule has 0 unspecified atom stereocenters. The van der Waals surface area contributed by atoms with Gasteiger partial charge in [0, 0.05) is 39.4 Å². The fourth-order valence-corrected chi connectivity index (χ4v) is 2.32. The Hall–Kier alpha value is -1.89. The molecule has 7 heteroatoms. The van der Waals surface area contributed by atoms with Gasteiger partial charge in [0.15, 0.2) is 0 Å². The van der Waals surface area contributed by atoms with E-state index in [9.17, 15) is 9.59 Å². The normalized spacial score (nSPS) is 16.9. The molecule has 0 saturated carbocycles. The molecule has 0 bridgehead atoms. The maximum Gasteiger partial charge on any atom is 0.254 e. The Balaban J connectivity index is 1.77. The molecule has 2 N–H and O–H groups in total. The van der Waals surface area contributed by atoms with E-state index < -0.39 is 0 Å². The van der Waals surface area contributed by atoms with Crippen molar-refractivity contribution in [3.63, 3.8) is 0 Å². The largest absolute Gasteiger partial charge is 0.358 e. The quantitative estimate of drug-likeness (QED) is 0.768. The summed E-state index contributed by atoms with van der Waals surface area (Å²) >= 11 is 0. The van der Waals surface area contributed by atoms with Gasteiger partial charge in [-0.25, -0.2) is 0 Å². The van der Waals surface area contributed by atoms with Gasteiger partial charge >= 0.3 is 0 Å². The first kappa shape index (κ1) is 14.5. The lowest BCUT2D eigenvalue weighted by atomic mass is 10.0. The number of carbonyl (C=O) groups is 2. The molecule has 1 fully saturated rings. The highest BCUT2D eigenvalue weighted by Crippen LogP contribution is 2.10. The van der Waals surface area contributed by atoms with Crippen LogP contribution in [0.4, 0.5) is 0 Å². The third-order valence-electron chi connectivity index (χ3n) is 3.54. The molecular weight excluding hydrogens is 258 g/mol. The van der Waals surface area contributed by atoms with Crippen molar-refractivity contribution in [2.45, 2.75) is 18.9 Å². The highest BCUT2D eigenvalue weighted by molar-refractivity contribution is 5.93. The molecule has 2 amide bonds. The molecule has 0 atom stereocenters. The summed E-state index contributed by atoms with van der Waals surface area (Å²) in [6, 6.07) is 0.170. The maximum absolute atomic E-state index is 12.0. The van der Waals surface area contributed by atoms with Crippen LogP contribution in [0, 0.1) is 0 Å². The number of hydrogen-bond donors (Lipinski definition) is 2. The number of carbonyl (C=O) groups excluding carboxylic acids is 2. The standard InChI is InChI=1S/C13H21N5O2/c1-14-12(19)9-18-5-3-11(4-6-18)16-13(20)10-7-15-17(2)8-10/h7-8,11H,3-6,9H2,1-2H3,(H,14,19)(H,16,20). The highest BCUT2D eigenvalue weighted by Gasteiger charge is 2.22. The lowest BCUT2D eigenvalue weighted by Gasteiger charge is -2.31. The zero-order chi connectivity index (χ0) is 14.5. The van der Waals surface area contributed by atoms with Crippen molar-refractivity contribution in [3.8, 4) is 0 Å². The van der Waals surface area contributed by atoms with Crippen molar-refractivity contribution in [2.24, 2.45) is 7.05 Å². The first-order chi connectivity index (χ1) is 9.58. The van der Waals surface area contributed by atoms with E-state index in [-0.39, 0.29) is 17.9 Å². The summed E-state index contributed by atoms with van der Waals surface area (Å²) in [7, 11) is 3.43. The summed E-state index contributed by atoms with van der Waals surface area (Å²) in [5.41, 5.74) is 0.584. The fraction of sp³-hybridized carbons (Fsp3) is 0.615. The minimum atomic E-state index is -0.0807. The summed E-state index contributed by atoms with van der Waals surface area (Å²) in [5, 5.41) is 9.62. The van der Waals surface area contributed by atoms with E-state index in [2.05, 4.69) is 20.6 Å². The molecule has 2 heterocycles. The van der Waals surface area contributed by atoms with E-state index in [1.54, 1.807) is 31.2 Å². The molecule has 2 rings (SSSR count). The number of nitrogens with zero attached hydrogens (tertiary/aromatic N) is 3. The summed E-state index contributed by atoms with van der Waals surface area (Å²) in [6.07, 6.45) is 5.00. The van der Waals surface area contributed by atoms with E-state index in [0.29, 0.717) is 12.1 Å². The van der Waals surface area contributed by atoms with Gasteiger partial charge in [-0.1, -0.05) is 0 Å². The van der Waals surface area contributed by atoms with Crippen molar-refractivity contribution in [3.05, 3.63) is 18.0 Å². The van der Waals surface area contributed by atoms with Gasteiger partial charge in [-0.3, -0.25) is 19.2 Å². The highest BCUT2D eigenvalue weighted by atomic mass is 16.2. The number of hydrogen-bond acceptors (Lipinski definition) is 4. The predicted molar refractivity (Wildman–Crippen MR) is 74.2 cm³/mol. The van der Waals surface area contributed by atoms with Gasteiger partial charge in [-0.15, -0.1) is 0 Å². The third kappa shape index (κ3) is 3.80. The van der Waals surface area contributed by atoms with Crippen LogP contribution in [0.15, 0.2) is 12.4 Å². The summed E-state index contributed by atoms with van der Waals surface area (Å²) in [5.74, 6) is -0.0503. The van der Waals surface area contributed by atoms with Gasteiger partial charge in [0.2, 0.25) is 5.91 Å². The molecule has 7 nitrogen and oxygen atoms in total. The van der Waals surface area contributed by atoms with Gasteiger partial charge in [0.25, 0.3) is 5.91 Å². The number of likely N-dealkylation sites (N-methyl/N-ethyl adjacent to an activating group) is 1. The average molecular weight is 279 g/mol. The van der Waals surface area contributed by atoms with Gasteiger partial charge in [0.05, 0.1) is 18.3 Å². The zero-order valence-electron chi connectivity index (χ0n) is 11.9. The number of aromatic nitrogens is 2. The molecule has 0 aromatic carbocycles. The Bertz CT molecular complexity index is 477. The number of nitrogens with one attached hydrogen (secondary N) is 2. The second-order valence-electron chi connectivity index (χ2n) is 5.10. The van der Waals surface area contributed by atoms with Crippen molar-refractivity contribution >= 4 is 11.8 Å². The van der Waals surface area contributed by atoms with Crippen molar-refractivity contribution in [1.29, 1.82) is 0 Å². The topological polar surface area (TPSA) is 79.3 Å². The van der Waals surface area contributed by atoms with Crippen molar-refractivity contribution in [1.82, 2.24) is 25.3 Å². The van der Waals surface area contributed by atoms with Crippen molar-refractivity contribution < 1.29 is 9.59 Å². The summed E-state index contributed by atoms with van der Waals surface area (Å²) in [6.45, 7) is 2.08. The van der Waals surface area contributed by atoms with E-state index in [1.807, 2.05) is 0 Å². The minimum absolute atomic E-state index is 0.0304. The first-order valence-corrected chi connectivity index (χ1v) is 6.81. The van der Waals surface area contributed by atoms with E-state index in [0.717, 1.165) is 25.9 Å². The molecule has 1 aromatic heterocycles. The molecule has 0 radical (unpaired) electrons. The molecule has 110 valence electrons. The van der Waals surface area contributed by atoms with Crippen LogP contribution in [-0.4, -0.2) is 59.2 Å². The van der Waals surface area contributed by atoms with Crippen LogP contribution in [-0.2, 0) is 11.8 Å². The van der Waals surface area contributed by atoms with Gasteiger partial charge < -0.3 is 10.6 Å². The van der Waals surface area contributed by atoms with Crippen LogP contribution in [0.5, 0.6) is 0 Å². The van der Waals surface area contributed by atoms with Crippen LogP contribution >= 0.6 is 0 Å². The lowest BCUT2D eigenvalue weighted by molar-refractivity contribution is -0.122. The Morgan fingerprint density at radius 1 is 1.40 bits per heavy atom. The maximum atomic E-state index is 12.0. The van der Waals surface area contributed by atoms with E-state index in [1.165, 1.54) is 0 Å². The van der Waals surface area contributed by atoms with Gasteiger partial charge in [-0.05, 0) is 12.8 Å². The Morgan fingerprint density at radius 2 is 2.10 bits per heavy atom. The summed E-state index contributed by atoms with van der Waals surface area (Å²) < 4.78 is 1.61. The smallest absolute Gasteiger partial charge is 0.254 e. The Labute approximate surface area is 118 Å². The van der Waals surface area contributed by atoms with E-state index >= 15 is 0 Å². The lowest BCUT2D eigenvalue weighted by Crippen LogP contribution is -2.47. The molecule has 20 heavy (non-hydrogen) atoms. The number of amides is 2. The second-order valence-corrected chi connectivity index (χ2v) is 5.10. The van der Waals surface area contributed by atoms with Gasteiger partial charge in [0.1, 0.15) is 0 Å². The fourth-order valence-electron chi connectivity index (χ4n) is 2.32. The number of likely N-dealkylation sites (tertiary alicyclic amines) is 1. The molecule has 1 aliphatic rings. The predicted octanol–water partition coefficient (Wildman–Crippen LogP) is -0.640. The zero-order valence-corrected chi connectivity index (χ0v) is 11.9. The molecule has 0 aliphatic carbocycles. The number of aryl methyl sites for hydroxylation is 1. The first-order valence-electron chi connectivity index (χ1n) is 6.81. The number of piperidine rings is 1. The molecule has 0 spiro atoms. The minimum Gasteiger partial charge on any atom is -0.358 e.